The van der Waals surface area contributed by atoms with Gasteiger partial charge in [-0.05, 0) is 55.3 Å². The number of ether oxygens (including phenoxy) is 1. The van der Waals surface area contributed by atoms with Gasteiger partial charge in [0.15, 0.2) is 0 Å². The lowest BCUT2D eigenvalue weighted by Crippen LogP contribution is -2.21. The molecule has 7 nitrogen and oxygen atoms in total. The number of nitrogens with zero attached hydrogens (tertiary/aromatic N) is 3. The van der Waals surface area contributed by atoms with E-state index >= 15 is 0 Å². The third-order valence-corrected chi connectivity index (χ3v) is 6.02. The quantitative estimate of drug-likeness (QED) is 0.267. The maximum atomic E-state index is 13.4. The Morgan fingerprint density at radius 1 is 1.09 bits per heavy atom. The molecule has 4 rings (SSSR count). The molecular formula is C26H18Cl2N4O3. The van der Waals surface area contributed by atoms with Gasteiger partial charge in [0.1, 0.15) is 28.6 Å². The van der Waals surface area contributed by atoms with E-state index in [1.807, 2.05) is 38.1 Å². The number of fused-ring (bicyclic) bond motifs is 1. The van der Waals surface area contributed by atoms with Gasteiger partial charge >= 0.3 is 0 Å². The Balaban J connectivity index is 1.86. The molecule has 0 radical (unpaired) electrons. The van der Waals surface area contributed by atoms with Crippen LogP contribution in [0.15, 0.2) is 71.2 Å². The van der Waals surface area contributed by atoms with Crippen LogP contribution in [0.1, 0.15) is 16.7 Å². The van der Waals surface area contributed by atoms with E-state index in [0.717, 1.165) is 17.2 Å². The molecule has 0 aliphatic heterocycles. The number of anilines is 1. The molecule has 0 spiro atoms. The molecule has 4 aromatic rings. The summed E-state index contributed by atoms with van der Waals surface area (Å²) in [6.45, 7) is 3.67. The Kier molecular flexibility index (Phi) is 6.87. The van der Waals surface area contributed by atoms with Crippen LogP contribution in [0.4, 0.5) is 5.69 Å². The Morgan fingerprint density at radius 2 is 1.83 bits per heavy atom. The molecule has 0 aliphatic carbocycles. The average molecular weight is 505 g/mol. The molecule has 0 atom stereocenters. The summed E-state index contributed by atoms with van der Waals surface area (Å²) >= 11 is 12.2. The van der Waals surface area contributed by atoms with Crippen molar-refractivity contribution in [3.8, 4) is 17.7 Å². The first kappa shape index (κ1) is 24.0. The number of nitriles is 1. The lowest BCUT2D eigenvalue weighted by molar-refractivity contribution is -0.112. The van der Waals surface area contributed by atoms with E-state index in [-0.39, 0.29) is 32.7 Å². The smallest absolute Gasteiger partial charge is 0.269 e. The summed E-state index contributed by atoms with van der Waals surface area (Å²) in [7, 11) is 0. The number of aryl methyl sites for hydroxylation is 2. The number of hydrogen-bond acceptors (Lipinski definition) is 5. The van der Waals surface area contributed by atoms with Gasteiger partial charge in [0.25, 0.3) is 11.5 Å². The minimum Gasteiger partial charge on any atom is -0.438 e. The van der Waals surface area contributed by atoms with Crippen molar-refractivity contribution in [3.05, 3.63) is 103 Å². The number of hydrogen-bond donors (Lipinski definition) is 1. The number of benzene rings is 2. The van der Waals surface area contributed by atoms with Crippen molar-refractivity contribution in [3.63, 3.8) is 0 Å². The molecule has 2 aromatic heterocycles. The van der Waals surface area contributed by atoms with Gasteiger partial charge < -0.3 is 10.1 Å². The molecule has 2 heterocycles. The summed E-state index contributed by atoms with van der Waals surface area (Å²) in [6.07, 6.45) is 2.72. The number of carbonyl (C=O) groups excluding carboxylic acids is 1. The van der Waals surface area contributed by atoms with Crippen LogP contribution in [0.5, 0.6) is 11.6 Å². The third-order valence-electron chi connectivity index (χ3n) is 5.20. The lowest BCUT2D eigenvalue weighted by Gasteiger charge is -2.13. The van der Waals surface area contributed by atoms with Gasteiger partial charge in [-0.15, -0.1) is 0 Å². The molecule has 0 fully saturated rings. The summed E-state index contributed by atoms with van der Waals surface area (Å²) in [6, 6.07) is 17.3. The van der Waals surface area contributed by atoms with Gasteiger partial charge in [-0.25, -0.2) is 0 Å². The van der Waals surface area contributed by atoms with Gasteiger partial charge in [0.2, 0.25) is 5.88 Å². The first-order chi connectivity index (χ1) is 16.8. The highest BCUT2D eigenvalue weighted by molar-refractivity contribution is 6.44. The molecule has 2 aromatic carbocycles. The second-order valence-electron chi connectivity index (χ2n) is 7.61. The monoisotopic (exact) mass is 504 g/mol. The number of carbonyl (C=O) groups is 1. The van der Waals surface area contributed by atoms with Crippen molar-refractivity contribution < 1.29 is 9.53 Å². The maximum absolute atomic E-state index is 13.4. The number of para-hydroxylation sites is 1. The highest BCUT2D eigenvalue weighted by atomic mass is 35.5. The molecule has 35 heavy (non-hydrogen) atoms. The van der Waals surface area contributed by atoms with Crippen molar-refractivity contribution >= 4 is 46.5 Å². The largest absolute Gasteiger partial charge is 0.438 e. The minimum atomic E-state index is -0.771. The van der Waals surface area contributed by atoms with E-state index in [0.29, 0.717) is 11.4 Å². The number of rotatable bonds is 5. The van der Waals surface area contributed by atoms with Crippen molar-refractivity contribution in [2.75, 3.05) is 5.32 Å². The standard InChI is InChI=1S/C26H18Cl2N4O3/c1-15-7-3-4-11-21(15)35-25-18(26(34)32-12-6-8-16(2)23(32)31-25)13-17(14-29)24(33)30-20-10-5-9-19(27)22(20)28/h3-13H,1-2H3,(H,30,33)/b17-13-. The first-order valence-electron chi connectivity index (χ1n) is 10.4. The Bertz CT molecular complexity index is 1600. The van der Waals surface area contributed by atoms with Gasteiger partial charge in [-0.1, -0.05) is 53.5 Å². The molecule has 1 N–H and O–H groups in total. The van der Waals surface area contributed by atoms with E-state index in [9.17, 15) is 14.9 Å². The third kappa shape index (κ3) is 4.90. The summed E-state index contributed by atoms with van der Waals surface area (Å²) in [4.78, 5) is 30.9. The fourth-order valence-electron chi connectivity index (χ4n) is 3.35. The fourth-order valence-corrected chi connectivity index (χ4v) is 3.70. The van der Waals surface area contributed by atoms with E-state index in [1.165, 1.54) is 4.40 Å². The van der Waals surface area contributed by atoms with E-state index in [2.05, 4.69) is 10.3 Å². The predicted octanol–water partition coefficient (Wildman–Crippen LogP) is 5.96. The lowest BCUT2D eigenvalue weighted by atomic mass is 10.1. The van der Waals surface area contributed by atoms with Crippen LogP contribution < -0.4 is 15.6 Å². The second kappa shape index (κ2) is 10.0. The van der Waals surface area contributed by atoms with Crippen molar-refractivity contribution in [1.82, 2.24) is 9.38 Å². The zero-order valence-corrected chi connectivity index (χ0v) is 20.2. The van der Waals surface area contributed by atoms with Gasteiger partial charge in [-0.2, -0.15) is 10.2 Å². The average Bonchev–Trinajstić information content (AvgIpc) is 2.84. The molecule has 0 saturated heterocycles. The zero-order chi connectivity index (χ0) is 25.1. The normalized spacial score (nSPS) is 11.2. The molecule has 174 valence electrons. The van der Waals surface area contributed by atoms with Crippen LogP contribution in [0.3, 0.4) is 0 Å². The highest BCUT2D eigenvalue weighted by Crippen LogP contribution is 2.30. The Morgan fingerprint density at radius 3 is 2.57 bits per heavy atom. The van der Waals surface area contributed by atoms with E-state index in [1.54, 1.807) is 42.6 Å². The number of pyridine rings is 1. The van der Waals surface area contributed by atoms with Crippen LogP contribution >= 0.6 is 23.2 Å². The molecule has 0 unspecified atom stereocenters. The Labute approximate surface area is 210 Å². The molecule has 0 bridgehead atoms. The predicted molar refractivity (Wildman–Crippen MR) is 136 cm³/mol. The van der Waals surface area contributed by atoms with Crippen LogP contribution in [0, 0.1) is 25.2 Å². The summed E-state index contributed by atoms with van der Waals surface area (Å²) in [5, 5.41) is 12.6. The second-order valence-corrected chi connectivity index (χ2v) is 8.40. The van der Waals surface area contributed by atoms with Gasteiger partial charge in [0.05, 0.1) is 15.7 Å². The minimum absolute atomic E-state index is 0.0278. The summed E-state index contributed by atoms with van der Waals surface area (Å²) < 4.78 is 7.35. The van der Waals surface area contributed by atoms with Crippen LogP contribution in [0.2, 0.25) is 10.0 Å². The Hall–Kier alpha value is -4.12. The van der Waals surface area contributed by atoms with E-state index in [4.69, 9.17) is 27.9 Å². The summed E-state index contributed by atoms with van der Waals surface area (Å²) in [5.74, 6) is -0.312. The number of nitrogens with one attached hydrogen (secondary N) is 1. The van der Waals surface area contributed by atoms with Crippen molar-refractivity contribution in [1.29, 1.82) is 5.26 Å². The van der Waals surface area contributed by atoms with E-state index < -0.39 is 11.5 Å². The van der Waals surface area contributed by atoms with Crippen LogP contribution in [-0.2, 0) is 4.79 Å². The van der Waals surface area contributed by atoms with Crippen LogP contribution in [0.25, 0.3) is 11.7 Å². The molecule has 0 aliphatic rings. The summed E-state index contributed by atoms with van der Waals surface area (Å²) in [5.41, 5.74) is 1.30. The molecular weight excluding hydrogens is 487 g/mol. The zero-order valence-electron chi connectivity index (χ0n) is 18.7. The number of halogens is 2. The SMILES string of the molecule is Cc1ccccc1Oc1nc2c(C)cccn2c(=O)c1/C=C(/C#N)C(=O)Nc1cccc(Cl)c1Cl. The van der Waals surface area contributed by atoms with Crippen LogP contribution in [-0.4, -0.2) is 15.3 Å². The van der Waals surface area contributed by atoms with Gasteiger partial charge in [-0.3, -0.25) is 14.0 Å². The first-order valence-corrected chi connectivity index (χ1v) is 11.2. The molecule has 1 amide bonds. The molecule has 9 heteroatoms. The van der Waals surface area contributed by atoms with Crippen molar-refractivity contribution in [2.24, 2.45) is 0 Å². The molecule has 0 saturated carbocycles. The number of amides is 1. The topological polar surface area (TPSA) is 96.5 Å². The van der Waals surface area contributed by atoms with Gasteiger partial charge in [0, 0.05) is 6.20 Å². The fraction of sp³-hybridized carbons (Fsp3) is 0.0769. The number of aromatic nitrogens is 2. The highest BCUT2D eigenvalue weighted by Gasteiger charge is 2.19. The maximum Gasteiger partial charge on any atom is 0.269 e. The van der Waals surface area contributed by atoms with Crippen molar-refractivity contribution in [2.45, 2.75) is 13.8 Å².